The minimum absolute atomic E-state index is 0.846. The van der Waals surface area contributed by atoms with Crippen LogP contribution in [0.3, 0.4) is 0 Å². The van der Waals surface area contributed by atoms with Gasteiger partial charge in [0.1, 0.15) is 11.4 Å². The molecule has 4 heteroatoms. The number of rotatable bonds is 3. The molecule has 0 saturated carbocycles. The third-order valence-corrected chi connectivity index (χ3v) is 3.13. The fraction of sp³-hybridized carbons (Fsp3) is 0.133. The maximum absolute atomic E-state index is 5.15. The smallest absolute Gasteiger partial charge is 0.119 e. The van der Waals surface area contributed by atoms with Crippen LogP contribution in [0.2, 0.25) is 0 Å². The van der Waals surface area contributed by atoms with Crippen molar-refractivity contribution in [2.75, 3.05) is 7.11 Å². The Morgan fingerprint density at radius 3 is 2.42 bits per heavy atom. The van der Waals surface area contributed by atoms with Crippen LogP contribution in [0.4, 0.5) is 0 Å². The summed E-state index contributed by atoms with van der Waals surface area (Å²) in [5.41, 5.74) is 3.08. The highest BCUT2D eigenvalue weighted by molar-refractivity contribution is 5.55. The van der Waals surface area contributed by atoms with E-state index in [1.165, 1.54) is 0 Å². The summed E-state index contributed by atoms with van der Waals surface area (Å²) in [5, 5.41) is 4.59. The van der Waals surface area contributed by atoms with Crippen LogP contribution < -0.4 is 4.74 Å². The largest absolute Gasteiger partial charge is 0.497 e. The molecule has 0 N–H and O–H groups in total. The summed E-state index contributed by atoms with van der Waals surface area (Å²) in [5.74, 6) is 0.846. The molecule has 96 valence electrons. The van der Waals surface area contributed by atoms with E-state index in [4.69, 9.17) is 4.74 Å². The van der Waals surface area contributed by atoms with Gasteiger partial charge in [0.15, 0.2) is 0 Å². The van der Waals surface area contributed by atoms with Gasteiger partial charge >= 0.3 is 0 Å². The molecule has 19 heavy (non-hydrogen) atoms. The Labute approximate surface area is 111 Å². The molecule has 0 atom stereocenters. The summed E-state index contributed by atoms with van der Waals surface area (Å²) >= 11 is 0. The van der Waals surface area contributed by atoms with Gasteiger partial charge in [0.05, 0.1) is 18.5 Å². The Morgan fingerprint density at radius 2 is 1.79 bits per heavy atom. The molecular formula is C15H15N3O. The average molecular weight is 253 g/mol. The monoisotopic (exact) mass is 253 g/mol. The van der Waals surface area contributed by atoms with E-state index in [1.54, 1.807) is 7.11 Å². The van der Waals surface area contributed by atoms with Gasteiger partial charge in [-0.2, -0.15) is 5.10 Å². The highest BCUT2D eigenvalue weighted by Crippen LogP contribution is 2.19. The third-order valence-electron chi connectivity index (χ3n) is 3.13. The van der Waals surface area contributed by atoms with Crippen LogP contribution in [0.1, 0.15) is 0 Å². The fourth-order valence-corrected chi connectivity index (χ4v) is 2.07. The average Bonchev–Trinajstić information content (AvgIpc) is 3.07. The van der Waals surface area contributed by atoms with Gasteiger partial charge in [0.25, 0.3) is 0 Å². The van der Waals surface area contributed by atoms with Gasteiger partial charge in [-0.1, -0.05) is 0 Å². The lowest BCUT2D eigenvalue weighted by molar-refractivity contribution is 0.414. The lowest BCUT2D eigenvalue weighted by Gasteiger charge is -2.03. The first-order chi connectivity index (χ1) is 9.28. The zero-order chi connectivity index (χ0) is 13.2. The van der Waals surface area contributed by atoms with Gasteiger partial charge in [0.2, 0.25) is 0 Å². The molecule has 2 aromatic heterocycles. The van der Waals surface area contributed by atoms with Gasteiger partial charge in [-0.25, -0.2) is 4.68 Å². The highest BCUT2D eigenvalue weighted by atomic mass is 16.5. The lowest BCUT2D eigenvalue weighted by atomic mass is 10.3. The molecule has 1 aromatic carbocycles. The minimum atomic E-state index is 0.846. The number of hydrogen-bond donors (Lipinski definition) is 0. The van der Waals surface area contributed by atoms with E-state index >= 15 is 0 Å². The van der Waals surface area contributed by atoms with Crippen LogP contribution in [0.15, 0.2) is 54.9 Å². The molecular weight excluding hydrogens is 238 g/mol. The van der Waals surface area contributed by atoms with Crippen molar-refractivity contribution in [2.24, 2.45) is 7.05 Å². The van der Waals surface area contributed by atoms with Crippen LogP contribution in [0, 0.1) is 0 Å². The van der Waals surface area contributed by atoms with Crippen molar-refractivity contribution in [1.29, 1.82) is 0 Å². The quantitative estimate of drug-likeness (QED) is 0.719. The molecule has 0 aliphatic heterocycles. The molecule has 0 saturated heterocycles. The van der Waals surface area contributed by atoms with Crippen molar-refractivity contribution >= 4 is 0 Å². The summed E-state index contributed by atoms with van der Waals surface area (Å²) < 4.78 is 9.07. The zero-order valence-corrected chi connectivity index (χ0v) is 10.9. The van der Waals surface area contributed by atoms with Crippen LogP contribution in [-0.2, 0) is 7.05 Å². The van der Waals surface area contributed by atoms with Crippen LogP contribution >= 0.6 is 0 Å². The summed E-state index contributed by atoms with van der Waals surface area (Å²) in [6.07, 6.45) is 3.98. The van der Waals surface area contributed by atoms with E-state index in [0.29, 0.717) is 0 Å². The van der Waals surface area contributed by atoms with Crippen molar-refractivity contribution in [3.05, 3.63) is 54.9 Å². The molecule has 0 unspecified atom stereocenters. The first-order valence-electron chi connectivity index (χ1n) is 6.10. The number of hydrogen-bond acceptors (Lipinski definition) is 2. The van der Waals surface area contributed by atoms with E-state index in [2.05, 4.69) is 15.7 Å². The summed E-state index contributed by atoms with van der Waals surface area (Å²) in [4.78, 5) is 0. The second-order valence-corrected chi connectivity index (χ2v) is 4.35. The zero-order valence-electron chi connectivity index (χ0n) is 10.9. The maximum atomic E-state index is 5.15. The maximum Gasteiger partial charge on any atom is 0.119 e. The van der Waals surface area contributed by atoms with E-state index < -0.39 is 0 Å². The molecule has 3 rings (SSSR count). The number of nitrogens with zero attached hydrogens (tertiary/aromatic N) is 3. The van der Waals surface area contributed by atoms with Crippen molar-refractivity contribution < 1.29 is 4.74 Å². The van der Waals surface area contributed by atoms with Crippen LogP contribution in [-0.4, -0.2) is 21.5 Å². The Morgan fingerprint density at radius 1 is 1.00 bits per heavy atom. The molecule has 0 bridgehead atoms. The summed E-state index contributed by atoms with van der Waals surface area (Å²) in [6.45, 7) is 0. The summed E-state index contributed by atoms with van der Waals surface area (Å²) in [7, 11) is 3.68. The molecule has 0 aliphatic carbocycles. The Balaban J connectivity index is 1.94. The SMILES string of the molecule is COc1ccc(-n2ccc(-c3cccn3C)n2)cc1. The van der Waals surface area contributed by atoms with E-state index in [1.807, 2.05) is 60.5 Å². The highest BCUT2D eigenvalue weighted by Gasteiger charge is 2.06. The summed E-state index contributed by atoms with van der Waals surface area (Å²) in [6, 6.07) is 13.9. The molecule has 0 radical (unpaired) electrons. The van der Waals surface area contributed by atoms with Gasteiger partial charge < -0.3 is 9.30 Å². The predicted octanol–water partition coefficient (Wildman–Crippen LogP) is 2.89. The Kier molecular flexibility index (Phi) is 2.83. The van der Waals surface area contributed by atoms with Gasteiger partial charge in [0, 0.05) is 19.4 Å². The molecule has 3 aromatic rings. The van der Waals surface area contributed by atoms with Crippen molar-refractivity contribution in [1.82, 2.24) is 14.3 Å². The topological polar surface area (TPSA) is 32.0 Å². The van der Waals surface area contributed by atoms with Gasteiger partial charge in [-0.05, 0) is 42.5 Å². The second kappa shape index (κ2) is 4.65. The second-order valence-electron chi connectivity index (χ2n) is 4.35. The van der Waals surface area contributed by atoms with Gasteiger partial charge in [-0.3, -0.25) is 0 Å². The molecule has 0 aliphatic rings. The van der Waals surface area contributed by atoms with Crippen LogP contribution in [0.5, 0.6) is 5.75 Å². The molecule has 0 spiro atoms. The fourth-order valence-electron chi connectivity index (χ4n) is 2.07. The molecule has 2 heterocycles. The van der Waals surface area contributed by atoms with Crippen molar-refractivity contribution in [3.8, 4) is 22.8 Å². The van der Waals surface area contributed by atoms with Crippen molar-refractivity contribution in [2.45, 2.75) is 0 Å². The van der Waals surface area contributed by atoms with Crippen LogP contribution in [0.25, 0.3) is 17.1 Å². The lowest BCUT2D eigenvalue weighted by Crippen LogP contribution is -1.96. The first-order valence-corrected chi connectivity index (χ1v) is 6.10. The van der Waals surface area contributed by atoms with E-state index in [0.717, 1.165) is 22.8 Å². The number of ether oxygens (including phenoxy) is 1. The van der Waals surface area contributed by atoms with Crippen molar-refractivity contribution in [3.63, 3.8) is 0 Å². The number of aromatic nitrogens is 3. The Bertz CT molecular complexity index is 679. The third kappa shape index (κ3) is 2.12. The van der Waals surface area contributed by atoms with E-state index in [-0.39, 0.29) is 0 Å². The number of methoxy groups -OCH3 is 1. The molecule has 4 nitrogen and oxygen atoms in total. The molecule has 0 amide bonds. The normalized spacial score (nSPS) is 10.6. The Hall–Kier alpha value is -2.49. The number of benzene rings is 1. The standard InChI is InChI=1S/C15H15N3O/c1-17-10-3-4-15(17)14-9-11-18(16-14)12-5-7-13(19-2)8-6-12/h3-11H,1-2H3. The number of aryl methyl sites for hydroxylation is 1. The van der Waals surface area contributed by atoms with E-state index in [9.17, 15) is 0 Å². The predicted molar refractivity (Wildman–Crippen MR) is 74.5 cm³/mol. The van der Waals surface area contributed by atoms with Gasteiger partial charge in [-0.15, -0.1) is 0 Å². The minimum Gasteiger partial charge on any atom is -0.497 e. The first kappa shape index (κ1) is 11.6. The molecule has 0 fully saturated rings.